The van der Waals surface area contributed by atoms with E-state index in [2.05, 4.69) is 4.90 Å². The number of rotatable bonds is 7. The maximum atomic E-state index is 13.9. The van der Waals surface area contributed by atoms with Crippen molar-refractivity contribution in [2.75, 3.05) is 33.4 Å². The Hall–Kier alpha value is -3.36. The molecule has 0 bridgehead atoms. The van der Waals surface area contributed by atoms with E-state index < -0.39 is 17.2 Å². The Morgan fingerprint density at radius 2 is 1.67 bits per heavy atom. The van der Waals surface area contributed by atoms with Crippen LogP contribution >= 0.6 is 0 Å². The monoisotopic (exact) mass is 493 g/mol. The van der Waals surface area contributed by atoms with E-state index in [9.17, 15) is 18.4 Å². The minimum absolute atomic E-state index is 0.177. The van der Waals surface area contributed by atoms with E-state index in [-0.39, 0.29) is 18.5 Å². The normalized spacial score (nSPS) is 18.1. The van der Waals surface area contributed by atoms with Crippen LogP contribution in [0.15, 0.2) is 60.7 Å². The highest BCUT2D eigenvalue weighted by atomic mass is 19.2. The van der Waals surface area contributed by atoms with Crippen LogP contribution in [0.4, 0.5) is 13.6 Å². The van der Waals surface area contributed by atoms with Gasteiger partial charge in [-0.2, -0.15) is 0 Å². The number of likely N-dealkylation sites (tertiary alicyclic amines) is 1. The summed E-state index contributed by atoms with van der Waals surface area (Å²) >= 11 is 0. The van der Waals surface area contributed by atoms with Crippen molar-refractivity contribution in [2.45, 2.75) is 31.5 Å². The molecule has 0 atom stereocenters. The summed E-state index contributed by atoms with van der Waals surface area (Å²) in [6.07, 6.45) is 0.938. The van der Waals surface area contributed by atoms with Crippen LogP contribution in [-0.4, -0.2) is 65.5 Å². The van der Waals surface area contributed by atoms with Crippen molar-refractivity contribution < 1.29 is 23.1 Å². The Morgan fingerprint density at radius 1 is 0.917 bits per heavy atom. The first-order chi connectivity index (χ1) is 17.4. The van der Waals surface area contributed by atoms with Crippen LogP contribution in [0.5, 0.6) is 0 Å². The average molecular weight is 494 g/mol. The van der Waals surface area contributed by atoms with Gasteiger partial charge in [0.25, 0.3) is 5.91 Å². The summed E-state index contributed by atoms with van der Waals surface area (Å²) in [5.74, 6) is -1.91. The van der Waals surface area contributed by atoms with E-state index in [0.717, 1.165) is 22.4 Å². The molecule has 188 valence electrons. The van der Waals surface area contributed by atoms with Crippen LogP contribution in [0.2, 0.25) is 0 Å². The Bertz CT molecular complexity index is 1280. The number of ether oxygens (including phenoxy) is 1. The van der Waals surface area contributed by atoms with Crippen LogP contribution in [0.25, 0.3) is 10.8 Å². The number of carbonyl (C=O) groups is 2. The third-order valence-corrected chi connectivity index (χ3v) is 7.42. The van der Waals surface area contributed by atoms with E-state index in [1.165, 1.54) is 11.0 Å². The first-order valence-corrected chi connectivity index (χ1v) is 12.2. The van der Waals surface area contributed by atoms with E-state index in [0.29, 0.717) is 51.2 Å². The van der Waals surface area contributed by atoms with Gasteiger partial charge in [-0.1, -0.05) is 48.5 Å². The minimum Gasteiger partial charge on any atom is -0.383 e. The number of benzene rings is 3. The quantitative estimate of drug-likeness (QED) is 0.453. The smallest absolute Gasteiger partial charge is 0.328 e. The molecule has 2 fully saturated rings. The van der Waals surface area contributed by atoms with Gasteiger partial charge in [-0.25, -0.2) is 13.6 Å². The molecule has 0 N–H and O–H groups in total. The summed E-state index contributed by atoms with van der Waals surface area (Å²) in [7, 11) is 1.58. The number of piperidine rings is 1. The summed E-state index contributed by atoms with van der Waals surface area (Å²) in [5.41, 5.74) is 0.673. The van der Waals surface area contributed by atoms with Crippen molar-refractivity contribution in [3.05, 3.63) is 83.4 Å². The Balaban J connectivity index is 1.37. The fraction of sp³-hybridized carbons (Fsp3) is 0.357. The summed E-state index contributed by atoms with van der Waals surface area (Å²) in [4.78, 5) is 32.6. The van der Waals surface area contributed by atoms with E-state index >= 15 is 0 Å². The number of halogens is 2. The van der Waals surface area contributed by atoms with Gasteiger partial charge in [-0.15, -0.1) is 0 Å². The fourth-order valence-corrected chi connectivity index (χ4v) is 5.48. The zero-order valence-corrected chi connectivity index (χ0v) is 20.3. The average Bonchev–Trinajstić information content (AvgIpc) is 3.07. The SMILES string of the molecule is COCCN1C(=O)N(Cc2cccc3ccccc23)C(=O)C12CCN(Cc1ccc(F)c(F)c1)CC2. The zero-order chi connectivity index (χ0) is 25.3. The number of amides is 3. The van der Waals surface area contributed by atoms with E-state index in [1.807, 2.05) is 42.5 Å². The van der Waals surface area contributed by atoms with Crippen LogP contribution < -0.4 is 0 Å². The van der Waals surface area contributed by atoms with Gasteiger partial charge in [0.1, 0.15) is 5.54 Å². The van der Waals surface area contributed by atoms with E-state index in [1.54, 1.807) is 18.1 Å². The van der Waals surface area contributed by atoms with Gasteiger partial charge < -0.3 is 9.64 Å². The summed E-state index contributed by atoms with van der Waals surface area (Å²) < 4.78 is 32.2. The molecule has 2 saturated heterocycles. The van der Waals surface area contributed by atoms with Crippen LogP contribution in [0, 0.1) is 11.6 Å². The third-order valence-electron chi connectivity index (χ3n) is 7.42. The fourth-order valence-electron chi connectivity index (χ4n) is 5.48. The van der Waals surface area contributed by atoms with Crippen molar-refractivity contribution in [1.29, 1.82) is 0 Å². The molecule has 0 radical (unpaired) electrons. The standard InChI is InChI=1S/C28H29F2N3O3/c1-36-16-15-33-27(35)32(19-22-7-4-6-21-5-2-3-8-23(21)22)26(34)28(33)11-13-31(14-12-28)18-20-9-10-24(29)25(30)17-20/h2-10,17H,11-16,18-19H2,1H3. The predicted octanol–water partition coefficient (Wildman–Crippen LogP) is 4.56. The van der Waals surface area contributed by atoms with Crippen LogP contribution in [0.1, 0.15) is 24.0 Å². The first kappa shape index (κ1) is 24.3. The number of hydrogen-bond donors (Lipinski definition) is 0. The zero-order valence-electron chi connectivity index (χ0n) is 20.3. The molecule has 3 aromatic rings. The lowest BCUT2D eigenvalue weighted by atomic mass is 9.85. The van der Waals surface area contributed by atoms with Crippen LogP contribution in [-0.2, 0) is 22.6 Å². The molecular weight excluding hydrogens is 464 g/mol. The second kappa shape index (κ2) is 9.95. The number of nitrogens with zero attached hydrogens (tertiary/aromatic N) is 3. The van der Waals surface area contributed by atoms with E-state index in [4.69, 9.17) is 4.74 Å². The highest BCUT2D eigenvalue weighted by Crippen LogP contribution is 2.38. The Kier molecular flexibility index (Phi) is 6.73. The summed E-state index contributed by atoms with van der Waals surface area (Å²) in [6.45, 7) is 2.45. The van der Waals surface area contributed by atoms with Gasteiger partial charge in [0.2, 0.25) is 0 Å². The van der Waals surface area contributed by atoms with Crippen molar-refractivity contribution >= 4 is 22.7 Å². The lowest BCUT2D eigenvalue weighted by Crippen LogP contribution is -2.57. The molecule has 6 nitrogen and oxygen atoms in total. The maximum absolute atomic E-state index is 13.9. The van der Waals surface area contributed by atoms with Gasteiger partial charge in [-0.3, -0.25) is 14.6 Å². The topological polar surface area (TPSA) is 53.1 Å². The molecular formula is C28H29F2N3O3. The molecule has 3 amide bonds. The van der Waals surface area contributed by atoms with Crippen molar-refractivity contribution in [2.24, 2.45) is 0 Å². The van der Waals surface area contributed by atoms with Crippen molar-refractivity contribution in [3.63, 3.8) is 0 Å². The number of hydrogen-bond acceptors (Lipinski definition) is 4. The number of urea groups is 1. The molecule has 8 heteroatoms. The molecule has 0 aromatic heterocycles. The van der Waals surface area contributed by atoms with Gasteiger partial charge >= 0.3 is 6.03 Å². The predicted molar refractivity (Wildman–Crippen MR) is 132 cm³/mol. The minimum atomic E-state index is -0.926. The molecule has 3 aromatic carbocycles. The van der Waals surface area contributed by atoms with Gasteiger partial charge in [-0.05, 0) is 46.9 Å². The van der Waals surface area contributed by atoms with Crippen molar-refractivity contribution in [1.82, 2.24) is 14.7 Å². The highest BCUT2D eigenvalue weighted by Gasteiger charge is 2.57. The molecule has 5 rings (SSSR count). The molecule has 0 unspecified atom stereocenters. The lowest BCUT2D eigenvalue weighted by Gasteiger charge is -2.42. The van der Waals surface area contributed by atoms with Gasteiger partial charge in [0.05, 0.1) is 13.2 Å². The first-order valence-electron chi connectivity index (χ1n) is 12.2. The largest absolute Gasteiger partial charge is 0.383 e. The summed E-state index contributed by atoms with van der Waals surface area (Å²) in [5, 5.41) is 2.08. The second-order valence-electron chi connectivity index (χ2n) is 9.51. The number of carbonyl (C=O) groups excluding carboxylic acids is 2. The van der Waals surface area contributed by atoms with Gasteiger partial charge in [0.15, 0.2) is 11.6 Å². The maximum Gasteiger partial charge on any atom is 0.328 e. The molecule has 2 aliphatic heterocycles. The molecule has 0 aliphatic carbocycles. The second-order valence-corrected chi connectivity index (χ2v) is 9.51. The number of methoxy groups -OCH3 is 1. The lowest BCUT2D eigenvalue weighted by molar-refractivity contribution is -0.136. The molecule has 2 aliphatic rings. The van der Waals surface area contributed by atoms with Gasteiger partial charge in [0, 0.05) is 33.3 Å². The van der Waals surface area contributed by atoms with Crippen LogP contribution in [0.3, 0.4) is 0 Å². The Morgan fingerprint density at radius 3 is 2.42 bits per heavy atom. The van der Waals surface area contributed by atoms with Crippen molar-refractivity contribution in [3.8, 4) is 0 Å². The number of fused-ring (bicyclic) bond motifs is 1. The third kappa shape index (κ3) is 4.35. The molecule has 1 spiro atoms. The Labute approximate surface area is 209 Å². The molecule has 2 heterocycles. The summed E-state index contributed by atoms with van der Waals surface area (Å²) in [6, 6.07) is 17.5. The molecule has 36 heavy (non-hydrogen) atoms. The highest BCUT2D eigenvalue weighted by molar-refractivity contribution is 6.07. The molecule has 0 saturated carbocycles. The number of imide groups is 1.